The number of nitrogens with zero attached hydrogens (tertiary/aromatic N) is 4. The quantitative estimate of drug-likeness (QED) is 0.576. The van der Waals surface area contributed by atoms with Gasteiger partial charge in [-0.15, -0.1) is 5.10 Å². The molecule has 34 heavy (non-hydrogen) atoms. The van der Waals surface area contributed by atoms with Crippen molar-refractivity contribution in [3.63, 3.8) is 0 Å². The minimum absolute atomic E-state index is 0.0284. The van der Waals surface area contributed by atoms with Crippen LogP contribution in [0, 0.1) is 26.6 Å². The van der Waals surface area contributed by atoms with Gasteiger partial charge in [-0.25, -0.2) is 14.1 Å². The summed E-state index contributed by atoms with van der Waals surface area (Å²) < 4.78 is 20.5. The standard InChI is InChI=1S/C25H28FN5O3/c1-16-6-4-8-22(17(16)2)28-23(32)15-30(14-21-7-5-13-34-21)25(33)24-27-18(3)31(29-24)20-11-9-19(26)10-12-20/h4,6,8-12,21H,5,7,13-15H2,1-3H3,(H,28,32). The number of anilines is 1. The van der Waals surface area contributed by atoms with E-state index in [4.69, 9.17) is 4.74 Å². The average Bonchev–Trinajstić information content (AvgIpc) is 3.46. The van der Waals surface area contributed by atoms with Crippen LogP contribution in [0.2, 0.25) is 0 Å². The van der Waals surface area contributed by atoms with Crippen molar-refractivity contribution in [1.82, 2.24) is 19.7 Å². The highest BCUT2D eigenvalue weighted by atomic mass is 19.1. The number of hydrogen-bond acceptors (Lipinski definition) is 5. The minimum atomic E-state index is -0.462. The van der Waals surface area contributed by atoms with Gasteiger partial charge in [0.05, 0.1) is 11.8 Å². The molecule has 4 rings (SSSR count). The zero-order valence-electron chi connectivity index (χ0n) is 19.5. The number of carbonyl (C=O) groups is 2. The third-order valence-electron chi connectivity index (χ3n) is 5.98. The lowest BCUT2D eigenvalue weighted by molar-refractivity contribution is -0.117. The van der Waals surface area contributed by atoms with Crippen LogP contribution in [0.3, 0.4) is 0 Å². The molecule has 8 nitrogen and oxygen atoms in total. The molecule has 1 atom stereocenters. The first-order valence-electron chi connectivity index (χ1n) is 11.3. The van der Waals surface area contributed by atoms with Gasteiger partial charge in [0.25, 0.3) is 5.91 Å². The van der Waals surface area contributed by atoms with Gasteiger partial charge in [-0.1, -0.05) is 12.1 Å². The third kappa shape index (κ3) is 5.31. The number of aromatic nitrogens is 3. The number of aryl methyl sites for hydroxylation is 2. The summed E-state index contributed by atoms with van der Waals surface area (Å²) in [6.07, 6.45) is 1.59. The van der Waals surface area contributed by atoms with Crippen molar-refractivity contribution < 1.29 is 18.7 Å². The predicted molar refractivity (Wildman–Crippen MR) is 125 cm³/mol. The van der Waals surface area contributed by atoms with E-state index in [9.17, 15) is 14.0 Å². The smallest absolute Gasteiger partial charge is 0.294 e. The Labute approximate surface area is 197 Å². The van der Waals surface area contributed by atoms with E-state index in [0.29, 0.717) is 23.8 Å². The van der Waals surface area contributed by atoms with Crippen LogP contribution >= 0.6 is 0 Å². The first-order valence-corrected chi connectivity index (χ1v) is 11.3. The summed E-state index contributed by atoms with van der Waals surface area (Å²) >= 11 is 0. The minimum Gasteiger partial charge on any atom is -0.376 e. The highest BCUT2D eigenvalue weighted by molar-refractivity contribution is 5.98. The van der Waals surface area contributed by atoms with Gasteiger partial charge in [0, 0.05) is 18.8 Å². The zero-order valence-corrected chi connectivity index (χ0v) is 19.5. The number of benzene rings is 2. The molecule has 1 unspecified atom stereocenters. The summed E-state index contributed by atoms with van der Waals surface area (Å²) in [4.78, 5) is 32.0. The molecular weight excluding hydrogens is 437 g/mol. The van der Waals surface area contributed by atoms with Crippen LogP contribution in [0.15, 0.2) is 42.5 Å². The van der Waals surface area contributed by atoms with Gasteiger partial charge < -0.3 is 15.0 Å². The molecule has 0 aliphatic carbocycles. The van der Waals surface area contributed by atoms with E-state index in [1.165, 1.54) is 21.7 Å². The van der Waals surface area contributed by atoms with Crippen molar-refractivity contribution in [1.29, 1.82) is 0 Å². The number of amides is 2. The van der Waals surface area contributed by atoms with E-state index in [1.54, 1.807) is 19.1 Å². The Morgan fingerprint density at radius 1 is 1.18 bits per heavy atom. The zero-order chi connectivity index (χ0) is 24.2. The molecule has 9 heteroatoms. The maximum Gasteiger partial charge on any atom is 0.294 e. The highest BCUT2D eigenvalue weighted by Crippen LogP contribution is 2.19. The van der Waals surface area contributed by atoms with E-state index in [-0.39, 0.29) is 36.7 Å². The Kier molecular flexibility index (Phi) is 7.02. The molecule has 2 aromatic carbocycles. The second kappa shape index (κ2) is 10.1. The Morgan fingerprint density at radius 3 is 2.65 bits per heavy atom. The largest absolute Gasteiger partial charge is 0.376 e. The number of halogens is 1. The van der Waals surface area contributed by atoms with E-state index in [1.807, 2.05) is 32.0 Å². The van der Waals surface area contributed by atoms with Crippen LogP contribution in [-0.2, 0) is 9.53 Å². The topological polar surface area (TPSA) is 89.4 Å². The van der Waals surface area contributed by atoms with Crippen molar-refractivity contribution >= 4 is 17.5 Å². The van der Waals surface area contributed by atoms with Gasteiger partial charge in [-0.05, 0) is 75.1 Å². The molecule has 0 radical (unpaired) electrons. The molecule has 0 bridgehead atoms. The van der Waals surface area contributed by atoms with Crippen LogP contribution in [0.4, 0.5) is 10.1 Å². The molecule has 3 aromatic rings. The van der Waals surface area contributed by atoms with Gasteiger partial charge >= 0.3 is 0 Å². The average molecular weight is 466 g/mol. The van der Waals surface area contributed by atoms with Crippen molar-refractivity contribution in [2.24, 2.45) is 0 Å². The van der Waals surface area contributed by atoms with E-state index < -0.39 is 5.91 Å². The molecular formula is C25H28FN5O3. The second-order valence-corrected chi connectivity index (χ2v) is 8.49. The molecule has 0 spiro atoms. The van der Waals surface area contributed by atoms with Gasteiger partial charge in [0.2, 0.25) is 11.7 Å². The van der Waals surface area contributed by atoms with Crippen LogP contribution in [0.5, 0.6) is 0 Å². The summed E-state index contributed by atoms with van der Waals surface area (Å²) in [7, 11) is 0. The Bertz CT molecular complexity index is 1190. The molecule has 0 saturated carbocycles. The Hall–Kier alpha value is -3.59. The van der Waals surface area contributed by atoms with Crippen molar-refractivity contribution in [2.75, 3.05) is 25.0 Å². The summed E-state index contributed by atoms with van der Waals surface area (Å²) in [5.74, 6) is -0.688. The van der Waals surface area contributed by atoms with Crippen molar-refractivity contribution in [3.8, 4) is 5.69 Å². The molecule has 2 heterocycles. The molecule has 1 N–H and O–H groups in total. The van der Waals surface area contributed by atoms with Crippen molar-refractivity contribution in [2.45, 2.75) is 39.7 Å². The van der Waals surface area contributed by atoms with Gasteiger partial charge in [0.15, 0.2) is 0 Å². The molecule has 178 valence electrons. The lowest BCUT2D eigenvalue weighted by Crippen LogP contribution is -2.42. The Morgan fingerprint density at radius 2 is 1.94 bits per heavy atom. The molecule has 1 aromatic heterocycles. The molecule has 1 aliphatic rings. The van der Waals surface area contributed by atoms with Crippen LogP contribution in [-0.4, -0.2) is 57.3 Å². The van der Waals surface area contributed by atoms with Gasteiger partial charge in [-0.2, -0.15) is 0 Å². The maximum absolute atomic E-state index is 13.4. The van der Waals surface area contributed by atoms with Gasteiger partial charge in [-0.3, -0.25) is 9.59 Å². The fourth-order valence-electron chi connectivity index (χ4n) is 3.95. The number of ether oxygens (including phenoxy) is 1. The summed E-state index contributed by atoms with van der Waals surface area (Å²) in [6.45, 7) is 6.38. The predicted octanol–water partition coefficient (Wildman–Crippen LogP) is 3.59. The van der Waals surface area contributed by atoms with E-state index in [2.05, 4.69) is 15.4 Å². The summed E-state index contributed by atoms with van der Waals surface area (Å²) in [5, 5.41) is 7.25. The number of nitrogens with one attached hydrogen (secondary N) is 1. The SMILES string of the molecule is Cc1cccc(NC(=O)CN(CC2CCCO2)C(=O)c2nc(C)n(-c3ccc(F)cc3)n2)c1C. The second-order valence-electron chi connectivity index (χ2n) is 8.49. The molecule has 1 aliphatic heterocycles. The molecule has 1 fully saturated rings. The number of carbonyl (C=O) groups excluding carboxylic acids is 2. The lowest BCUT2D eigenvalue weighted by Gasteiger charge is -2.24. The fourth-order valence-corrected chi connectivity index (χ4v) is 3.95. The summed E-state index contributed by atoms with van der Waals surface area (Å²) in [5.41, 5.74) is 3.34. The van der Waals surface area contributed by atoms with Crippen LogP contribution in [0.1, 0.15) is 40.4 Å². The van der Waals surface area contributed by atoms with E-state index >= 15 is 0 Å². The molecule has 2 amide bonds. The van der Waals surface area contributed by atoms with Crippen molar-refractivity contribution in [3.05, 3.63) is 71.1 Å². The number of rotatable bonds is 7. The highest BCUT2D eigenvalue weighted by Gasteiger charge is 2.28. The van der Waals surface area contributed by atoms with Gasteiger partial charge in [0.1, 0.15) is 18.2 Å². The van der Waals surface area contributed by atoms with Crippen LogP contribution < -0.4 is 5.32 Å². The first kappa shape index (κ1) is 23.6. The monoisotopic (exact) mass is 465 g/mol. The Balaban J connectivity index is 1.55. The van der Waals surface area contributed by atoms with E-state index in [0.717, 1.165) is 24.0 Å². The maximum atomic E-state index is 13.4. The third-order valence-corrected chi connectivity index (χ3v) is 5.98. The molecule has 1 saturated heterocycles. The normalized spacial score (nSPS) is 15.4. The van der Waals surface area contributed by atoms with Crippen LogP contribution in [0.25, 0.3) is 5.69 Å². The first-order chi connectivity index (χ1) is 16.3. The fraction of sp³-hybridized carbons (Fsp3) is 0.360. The number of hydrogen-bond donors (Lipinski definition) is 1. The lowest BCUT2D eigenvalue weighted by atomic mass is 10.1. The summed E-state index contributed by atoms with van der Waals surface area (Å²) in [6, 6.07) is 11.5.